The maximum absolute atomic E-state index is 13.5. The Bertz CT molecular complexity index is 544. The molecule has 1 N–H and O–H groups in total. The second-order valence-corrected chi connectivity index (χ2v) is 4.18. The molecule has 0 aliphatic carbocycles. The maximum Gasteiger partial charge on any atom is 0.490 e. The van der Waals surface area contributed by atoms with Gasteiger partial charge in [0, 0.05) is 18.1 Å². The molecule has 0 saturated heterocycles. The van der Waals surface area contributed by atoms with E-state index in [1.165, 1.54) is 0 Å². The Morgan fingerprint density at radius 2 is 2.00 bits per heavy atom. The second-order valence-electron chi connectivity index (χ2n) is 4.18. The summed E-state index contributed by atoms with van der Waals surface area (Å²) in [4.78, 5) is 23.6. The molecule has 0 aliphatic rings. The molecule has 1 aromatic heterocycles. The Kier molecular flexibility index (Phi) is 5.33. The van der Waals surface area contributed by atoms with Crippen LogP contribution >= 0.6 is 0 Å². The van der Waals surface area contributed by atoms with Crippen molar-refractivity contribution in [1.82, 2.24) is 20.1 Å². The summed E-state index contributed by atoms with van der Waals surface area (Å²) < 4.78 is 62.9. The summed E-state index contributed by atoms with van der Waals surface area (Å²) in [6, 6.07) is 0. The monoisotopic (exact) mass is 331 g/mol. The van der Waals surface area contributed by atoms with Gasteiger partial charge in [-0.3, -0.25) is 4.79 Å². The average Bonchev–Trinajstić information content (AvgIpc) is 2.81. The van der Waals surface area contributed by atoms with Gasteiger partial charge in [0.1, 0.15) is 6.54 Å². The topological polar surface area (TPSA) is 103 Å². The lowest BCUT2D eigenvalue weighted by molar-refractivity contribution is -0.394. The van der Waals surface area contributed by atoms with Crippen LogP contribution in [-0.4, -0.2) is 44.2 Å². The number of carbonyl (C=O) groups is 1. The number of nitro groups is 1. The van der Waals surface area contributed by atoms with Gasteiger partial charge in [0.2, 0.25) is 6.33 Å². The quantitative estimate of drug-likeness (QED) is 0.351. The normalized spacial score (nSPS) is 12.2. The smallest absolute Gasteiger partial charge is 0.390 e. The number of hydrogen-bond acceptors (Lipinski definition) is 5. The Hall–Kier alpha value is -2.34. The van der Waals surface area contributed by atoms with Gasteiger partial charge in [-0.1, -0.05) is 4.98 Å². The first-order valence-electron chi connectivity index (χ1n) is 5.78. The van der Waals surface area contributed by atoms with E-state index in [0.29, 0.717) is 11.0 Å². The number of carbonyl (C=O) groups excluding carboxylic acids is 1. The average molecular weight is 331 g/mol. The molecule has 124 valence electrons. The minimum atomic E-state index is -4.44. The fourth-order valence-electron chi connectivity index (χ4n) is 1.34. The summed E-state index contributed by atoms with van der Waals surface area (Å²) in [6.45, 7) is -1.90. The molecular weight excluding hydrogens is 321 g/mol. The summed E-state index contributed by atoms with van der Waals surface area (Å²) in [6.07, 6.45) is -5.55. The van der Waals surface area contributed by atoms with E-state index >= 15 is 0 Å². The van der Waals surface area contributed by atoms with Gasteiger partial charge in [-0.25, -0.2) is 0 Å². The van der Waals surface area contributed by atoms with Crippen molar-refractivity contribution in [3.05, 3.63) is 16.4 Å². The van der Waals surface area contributed by atoms with Crippen molar-refractivity contribution in [2.75, 3.05) is 6.54 Å². The Labute approximate surface area is 119 Å². The molecule has 1 amide bonds. The number of nitrogens with zero attached hydrogens (tertiary/aromatic N) is 4. The molecular formula is C9H10F5N5O3. The van der Waals surface area contributed by atoms with Crippen LogP contribution in [0.4, 0.5) is 27.9 Å². The molecule has 0 aliphatic heterocycles. The minimum absolute atomic E-state index is 0.396. The van der Waals surface area contributed by atoms with Crippen LogP contribution in [0.15, 0.2) is 6.33 Å². The summed E-state index contributed by atoms with van der Waals surface area (Å²) in [7, 11) is 0. The van der Waals surface area contributed by atoms with E-state index in [1.54, 1.807) is 5.32 Å². The molecule has 0 aromatic carbocycles. The predicted molar refractivity (Wildman–Crippen MR) is 59.9 cm³/mol. The van der Waals surface area contributed by atoms with E-state index in [4.69, 9.17) is 0 Å². The van der Waals surface area contributed by atoms with E-state index in [9.17, 15) is 36.9 Å². The molecule has 1 heterocycles. The molecule has 1 rings (SSSR count). The minimum Gasteiger partial charge on any atom is -0.390 e. The number of nitrogens with one attached hydrogen (secondary N) is 1. The summed E-state index contributed by atoms with van der Waals surface area (Å²) >= 11 is 0. The summed E-state index contributed by atoms with van der Waals surface area (Å²) in [5, 5.41) is 15.0. The van der Waals surface area contributed by atoms with Crippen LogP contribution in [0.25, 0.3) is 0 Å². The van der Waals surface area contributed by atoms with Crippen molar-refractivity contribution < 1.29 is 31.7 Å². The molecule has 0 saturated carbocycles. The zero-order chi connectivity index (χ0) is 17.0. The molecule has 0 atom stereocenters. The van der Waals surface area contributed by atoms with Crippen molar-refractivity contribution in [3.63, 3.8) is 0 Å². The van der Waals surface area contributed by atoms with Gasteiger partial charge in [-0.15, -0.1) is 0 Å². The fourth-order valence-corrected chi connectivity index (χ4v) is 1.34. The molecule has 0 radical (unpaired) electrons. The van der Waals surface area contributed by atoms with Crippen LogP contribution in [0, 0.1) is 10.1 Å². The highest BCUT2D eigenvalue weighted by molar-refractivity contribution is 5.83. The first kappa shape index (κ1) is 17.7. The van der Waals surface area contributed by atoms with Gasteiger partial charge >= 0.3 is 18.0 Å². The maximum atomic E-state index is 13.5. The zero-order valence-electron chi connectivity index (χ0n) is 10.8. The fraction of sp³-hybridized carbons (Fsp3) is 0.667. The number of halogens is 5. The molecule has 0 fully saturated rings. The molecule has 0 bridgehead atoms. The van der Waals surface area contributed by atoms with Gasteiger partial charge in [-0.05, 0) is 11.3 Å². The number of alkyl halides is 5. The van der Waals surface area contributed by atoms with Crippen molar-refractivity contribution >= 4 is 11.9 Å². The SMILES string of the molecule is O=C(NCCCC(F)(F)F)C(F)(F)Cn1cnc([N+](=O)[O-])n1. The van der Waals surface area contributed by atoms with E-state index in [0.717, 1.165) is 0 Å². The van der Waals surface area contributed by atoms with Crippen molar-refractivity contribution in [2.24, 2.45) is 0 Å². The van der Waals surface area contributed by atoms with Crippen LogP contribution in [0.1, 0.15) is 12.8 Å². The second kappa shape index (κ2) is 6.62. The first-order valence-corrected chi connectivity index (χ1v) is 5.78. The van der Waals surface area contributed by atoms with Crippen molar-refractivity contribution in [2.45, 2.75) is 31.5 Å². The Morgan fingerprint density at radius 3 is 2.50 bits per heavy atom. The zero-order valence-corrected chi connectivity index (χ0v) is 10.8. The number of amides is 1. The van der Waals surface area contributed by atoms with Gasteiger partial charge in [-0.2, -0.15) is 26.6 Å². The van der Waals surface area contributed by atoms with Crippen molar-refractivity contribution in [1.29, 1.82) is 0 Å². The lowest BCUT2D eigenvalue weighted by Crippen LogP contribution is -2.43. The molecule has 13 heteroatoms. The van der Waals surface area contributed by atoms with Crippen molar-refractivity contribution in [3.8, 4) is 0 Å². The molecule has 1 aromatic rings. The van der Waals surface area contributed by atoms with E-state index in [-0.39, 0.29) is 0 Å². The Morgan fingerprint density at radius 1 is 1.36 bits per heavy atom. The lowest BCUT2D eigenvalue weighted by atomic mass is 10.2. The molecule has 22 heavy (non-hydrogen) atoms. The van der Waals surface area contributed by atoms with Crippen LogP contribution in [0.5, 0.6) is 0 Å². The Balaban J connectivity index is 2.50. The highest BCUT2D eigenvalue weighted by Crippen LogP contribution is 2.21. The van der Waals surface area contributed by atoms with Crippen LogP contribution in [0.3, 0.4) is 0 Å². The van der Waals surface area contributed by atoms with Crippen LogP contribution < -0.4 is 5.32 Å². The van der Waals surface area contributed by atoms with E-state index < -0.39 is 54.8 Å². The van der Waals surface area contributed by atoms with Crippen LogP contribution in [0.2, 0.25) is 0 Å². The highest BCUT2D eigenvalue weighted by atomic mass is 19.4. The van der Waals surface area contributed by atoms with Crippen LogP contribution in [-0.2, 0) is 11.3 Å². The first-order chi connectivity index (χ1) is 10.0. The van der Waals surface area contributed by atoms with E-state index in [2.05, 4.69) is 10.1 Å². The molecule has 0 unspecified atom stereocenters. The number of rotatable bonds is 7. The summed E-state index contributed by atoms with van der Waals surface area (Å²) in [5.41, 5.74) is 0. The third-order valence-corrected chi connectivity index (χ3v) is 2.30. The largest absolute Gasteiger partial charge is 0.490 e. The van der Waals surface area contributed by atoms with Gasteiger partial charge in [0.25, 0.3) is 5.91 Å². The summed E-state index contributed by atoms with van der Waals surface area (Å²) in [5.74, 6) is -6.71. The lowest BCUT2D eigenvalue weighted by Gasteiger charge is -2.14. The third-order valence-electron chi connectivity index (χ3n) is 2.30. The number of hydrogen-bond donors (Lipinski definition) is 1. The van der Waals surface area contributed by atoms with Gasteiger partial charge < -0.3 is 15.4 Å². The molecule has 0 spiro atoms. The highest BCUT2D eigenvalue weighted by Gasteiger charge is 2.40. The predicted octanol–water partition coefficient (Wildman–Crippen LogP) is 1.28. The van der Waals surface area contributed by atoms with Gasteiger partial charge in [0.15, 0.2) is 0 Å². The third kappa shape index (κ3) is 5.57. The standard InChI is InChI=1S/C9H10F5N5O3/c10-8(11,4-18-5-16-7(17-18)19(21)22)6(20)15-3-1-2-9(12,13)14/h5H,1-4H2,(H,15,20). The number of aromatic nitrogens is 3. The molecule has 8 nitrogen and oxygen atoms in total. The van der Waals surface area contributed by atoms with Gasteiger partial charge in [0.05, 0.1) is 0 Å². The van der Waals surface area contributed by atoms with E-state index in [1.807, 2.05) is 0 Å².